The van der Waals surface area contributed by atoms with Crippen LogP contribution in [0, 0.1) is 5.82 Å². The Hall–Kier alpha value is -1.21. The fraction of sp³-hybridized carbons (Fsp3) is 0.333. The van der Waals surface area contributed by atoms with E-state index in [1.54, 1.807) is 11.3 Å². The lowest BCUT2D eigenvalue weighted by molar-refractivity contribution is 0.617. The van der Waals surface area contributed by atoms with Crippen LogP contribution in [0.15, 0.2) is 22.1 Å². The van der Waals surface area contributed by atoms with Crippen molar-refractivity contribution >= 4 is 39.0 Å². The molecule has 4 nitrogen and oxygen atoms in total. The topological polar surface area (TPSA) is 49.8 Å². The number of aromatic nitrogens is 2. The predicted octanol–water partition coefficient (Wildman–Crippen LogP) is 3.53. The highest BCUT2D eigenvalue weighted by Gasteiger charge is 2.06. The molecule has 0 amide bonds. The monoisotopic (exact) mass is 344 g/mol. The van der Waals surface area contributed by atoms with Crippen molar-refractivity contribution in [1.29, 1.82) is 0 Å². The highest BCUT2D eigenvalue weighted by atomic mass is 79.9. The van der Waals surface area contributed by atoms with Crippen LogP contribution in [-0.2, 0) is 6.42 Å². The number of rotatable bonds is 6. The summed E-state index contributed by atoms with van der Waals surface area (Å²) in [5.74, 6) is 0.237. The van der Waals surface area contributed by atoms with Crippen molar-refractivity contribution < 1.29 is 4.39 Å². The van der Waals surface area contributed by atoms with Crippen LogP contribution >= 0.6 is 27.3 Å². The standard InChI is InChI=1S/C12H14BrFN4S/c1-2-15-12-17-7-9(14)11(18-12)16-6-5-8-3-4-10(13)19-8/h3-4,7H,2,5-6H2,1H3,(H2,15,16,17,18). The van der Waals surface area contributed by atoms with Gasteiger partial charge in [-0.2, -0.15) is 4.98 Å². The molecule has 0 saturated heterocycles. The second kappa shape index (κ2) is 6.81. The molecule has 0 aliphatic carbocycles. The summed E-state index contributed by atoms with van der Waals surface area (Å²) >= 11 is 5.09. The molecule has 0 unspecified atom stereocenters. The smallest absolute Gasteiger partial charge is 0.224 e. The van der Waals surface area contributed by atoms with Gasteiger partial charge in [0.25, 0.3) is 0 Å². The van der Waals surface area contributed by atoms with Crippen molar-refractivity contribution in [2.24, 2.45) is 0 Å². The first-order valence-electron chi connectivity index (χ1n) is 5.93. The van der Waals surface area contributed by atoms with E-state index in [9.17, 15) is 4.39 Å². The first-order valence-corrected chi connectivity index (χ1v) is 7.54. The zero-order chi connectivity index (χ0) is 13.7. The average Bonchev–Trinajstić information content (AvgIpc) is 2.79. The molecule has 2 aromatic heterocycles. The largest absolute Gasteiger partial charge is 0.367 e. The quantitative estimate of drug-likeness (QED) is 0.841. The van der Waals surface area contributed by atoms with Gasteiger partial charge in [0.05, 0.1) is 9.98 Å². The fourth-order valence-corrected chi connectivity index (χ4v) is 3.01. The molecular formula is C12H14BrFN4S. The molecule has 102 valence electrons. The van der Waals surface area contributed by atoms with Crippen LogP contribution in [-0.4, -0.2) is 23.1 Å². The predicted molar refractivity (Wildman–Crippen MR) is 80.4 cm³/mol. The zero-order valence-corrected chi connectivity index (χ0v) is 12.8. The minimum Gasteiger partial charge on any atom is -0.367 e. The minimum atomic E-state index is -0.436. The molecular weight excluding hydrogens is 331 g/mol. The molecule has 2 rings (SSSR count). The number of halogens is 2. The molecule has 2 heterocycles. The molecule has 0 bridgehead atoms. The number of anilines is 2. The first-order chi connectivity index (χ1) is 9.19. The van der Waals surface area contributed by atoms with Gasteiger partial charge in [-0.15, -0.1) is 11.3 Å². The van der Waals surface area contributed by atoms with Crippen molar-refractivity contribution in [1.82, 2.24) is 9.97 Å². The van der Waals surface area contributed by atoms with Crippen molar-refractivity contribution in [3.63, 3.8) is 0 Å². The molecule has 0 aliphatic heterocycles. The Morgan fingerprint density at radius 2 is 2.21 bits per heavy atom. The van der Waals surface area contributed by atoms with E-state index in [0.717, 1.165) is 10.2 Å². The molecule has 19 heavy (non-hydrogen) atoms. The summed E-state index contributed by atoms with van der Waals surface area (Å²) in [6.45, 7) is 3.27. The van der Waals surface area contributed by atoms with Gasteiger partial charge in [-0.25, -0.2) is 9.37 Å². The molecule has 0 radical (unpaired) electrons. The SMILES string of the molecule is CCNc1ncc(F)c(NCCc2ccc(Br)s2)n1. The molecule has 0 spiro atoms. The van der Waals surface area contributed by atoms with Crippen LogP contribution in [0.3, 0.4) is 0 Å². The van der Waals surface area contributed by atoms with E-state index in [1.807, 2.05) is 13.0 Å². The van der Waals surface area contributed by atoms with Gasteiger partial charge in [0, 0.05) is 18.0 Å². The Balaban J connectivity index is 1.93. The molecule has 7 heteroatoms. The third kappa shape index (κ3) is 4.14. The van der Waals surface area contributed by atoms with Crippen molar-refractivity contribution in [2.75, 3.05) is 23.7 Å². The van der Waals surface area contributed by atoms with Gasteiger partial charge in [0.1, 0.15) is 0 Å². The Morgan fingerprint density at radius 1 is 1.37 bits per heavy atom. The lowest BCUT2D eigenvalue weighted by Crippen LogP contribution is -2.10. The van der Waals surface area contributed by atoms with Crippen LogP contribution in [0.2, 0.25) is 0 Å². The van der Waals surface area contributed by atoms with Gasteiger partial charge in [0.2, 0.25) is 5.95 Å². The molecule has 0 atom stereocenters. The summed E-state index contributed by atoms with van der Waals surface area (Å²) < 4.78 is 14.6. The van der Waals surface area contributed by atoms with Crippen LogP contribution in [0.25, 0.3) is 0 Å². The molecule has 0 fully saturated rings. The number of hydrogen-bond acceptors (Lipinski definition) is 5. The summed E-state index contributed by atoms with van der Waals surface area (Å²) in [4.78, 5) is 9.18. The summed E-state index contributed by atoms with van der Waals surface area (Å²) in [6.07, 6.45) is 2.01. The Bertz CT molecular complexity index is 546. The maximum Gasteiger partial charge on any atom is 0.224 e. The number of nitrogens with one attached hydrogen (secondary N) is 2. The molecule has 0 aromatic carbocycles. The summed E-state index contributed by atoms with van der Waals surface area (Å²) in [5.41, 5.74) is 0. The third-order valence-corrected chi connectivity index (χ3v) is 4.06. The van der Waals surface area contributed by atoms with Crippen LogP contribution in [0.1, 0.15) is 11.8 Å². The van der Waals surface area contributed by atoms with E-state index >= 15 is 0 Å². The minimum absolute atomic E-state index is 0.238. The van der Waals surface area contributed by atoms with Gasteiger partial charge in [-0.3, -0.25) is 0 Å². The second-order valence-electron chi connectivity index (χ2n) is 3.80. The molecule has 0 aliphatic rings. The number of hydrogen-bond donors (Lipinski definition) is 2. The van der Waals surface area contributed by atoms with Crippen LogP contribution in [0.4, 0.5) is 16.2 Å². The Labute approximate surface area is 123 Å². The van der Waals surface area contributed by atoms with E-state index in [-0.39, 0.29) is 5.82 Å². The lowest BCUT2D eigenvalue weighted by Gasteiger charge is -2.07. The number of thiophene rings is 1. The van der Waals surface area contributed by atoms with Gasteiger partial charge in [-0.05, 0) is 41.4 Å². The summed E-state index contributed by atoms with van der Waals surface area (Å²) in [7, 11) is 0. The van der Waals surface area contributed by atoms with Crippen molar-refractivity contribution in [3.05, 3.63) is 32.8 Å². The van der Waals surface area contributed by atoms with Gasteiger partial charge in [-0.1, -0.05) is 0 Å². The average molecular weight is 345 g/mol. The van der Waals surface area contributed by atoms with E-state index in [2.05, 4.69) is 42.6 Å². The normalized spacial score (nSPS) is 10.5. The number of nitrogens with zero attached hydrogens (tertiary/aromatic N) is 2. The third-order valence-electron chi connectivity index (χ3n) is 2.37. The van der Waals surface area contributed by atoms with E-state index in [0.29, 0.717) is 19.0 Å². The Kier molecular flexibility index (Phi) is 5.09. The van der Waals surface area contributed by atoms with Gasteiger partial charge < -0.3 is 10.6 Å². The maximum absolute atomic E-state index is 13.5. The highest BCUT2D eigenvalue weighted by Crippen LogP contribution is 2.22. The van der Waals surface area contributed by atoms with Gasteiger partial charge in [0.15, 0.2) is 11.6 Å². The van der Waals surface area contributed by atoms with Crippen LogP contribution in [0.5, 0.6) is 0 Å². The van der Waals surface area contributed by atoms with Crippen molar-refractivity contribution in [2.45, 2.75) is 13.3 Å². The molecule has 0 saturated carbocycles. The first kappa shape index (κ1) is 14.2. The summed E-state index contributed by atoms with van der Waals surface area (Å²) in [5, 5.41) is 5.95. The van der Waals surface area contributed by atoms with Crippen molar-refractivity contribution in [3.8, 4) is 0 Å². The summed E-state index contributed by atoms with van der Waals surface area (Å²) in [6, 6.07) is 4.06. The fourth-order valence-electron chi connectivity index (χ4n) is 1.52. The van der Waals surface area contributed by atoms with Crippen LogP contribution < -0.4 is 10.6 Å². The van der Waals surface area contributed by atoms with E-state index < -0.39 is 5.82 Å². The van der Waals surface area contributed by atoms with E-state index in [4.69, 9.17) is 0 Å². The maximum atomic E-state index is 13.5. The molecule has 2 N–H and O–H groups in total. The highest BCUT2D eigenvalue weighted by molar-refractivity contribution is 9.11. The second-order valence-corrected chi connectivity index (χ2v) is 6.35. The Morgan fingerprint density at radius 3 is 2.89 bits per heavy atom. The lowest BCUT2D eigenvalue weighted by atomic mass is 10.3. The van der Waals surface area contributed by atoms with E-state index in [1.165, 1.54) is 11.1 Å². The zero-order valence-electron chi connectivity index (χ0n) is 10.4. The van der Waals surface area contributed by atoms with Gasteiger partial charge >= 0.3 is 0 Å². The molecule has 2 aromatic rings.